The van der Waals surface area contributed by atoms with E-state index in [1.54, 1.807) is 11.0 Å². The number of likely N-dealkylation sites (N-methyl/N-ethyl adjacent to an activating group) is 1. The number of likely N-dealkylation sites (tertiary alicyclic amines) is 1. The molecule has 0 saturated carbocycles. The normalized spacial score (nSPS) is 17.1. The number of carbonyl (C=O) groups is 5. The molecule has 0 radical (unpaired) electrons. The summed E-state index contributed by atoms with van der Waals surface area (Å²) in [5, 5.41) is 2.82. The van der Waals surface area contributed by atoms with Gasteiger partial charge < -0.3 is 20.9 Å². The third-order valence-corrected chi connectivity index (χ3v) is 5.56. The SMILES string of the molecule is C=CC(=O)N1CCC(C(=O)Nc2cc(C(N)=O)ccc2CN2C(=O)CN(C)C2=O)CC1. The molecule has 0 unspecified atom stereocenters. The first kappa shape index (κ1) is 22.0. The van der Waals surface area contributed by atoms with Crippen molar-refractivity contribution < 1.29 is 24.0 Å². The summed E-state index contributed by atoms with van der Waals surface area (Å²) in [7, 11) is 1.53. The molecule has 2 aliphatic rings. The standard InChI is InChI=1S/C21H25N5O5/c1-3-17(27)25-8-6-13(7-9-25)20(30)23-16-10-14(19(22)29)4-5-15(16)11-26-18(28)12-24(2)21(26)31/h3-5,10,13H,1,6-9,11-12H2,2H3,(H2,22,29)(H,23,30). The number of nitrogens with one attached hydrogen (secondary N) is 1. The van der Waals surface area contributed by atoms with Gasteiger partial charge in [0.15, 0.2) is 0 Å². The average Bonchev–Trinajstić information content (AvgIpc) is 3.00. The summed E-state index contributed by atoms with van der Waals surface area (Å²) < 4.78 is 0. The molecule has 10 nitrogen and oxygen atoms in total. The van der Waals surface area contributed by atoms with Crippen molar-refractivity contribution in [2.45, 2.75) is 19.4 Å². The molecule has 0 atom stereocenters. The lowest BCUT2D eigenvalue weighted by atomic mass is 9.95. The minimum Gasteiger partial charge on any atom is -0.366 e. The second-order valence-electron chi connectivity index (χ2n) is 7.65. The monoisotopic (exact) mass is 427 g/mol. The van der Waals surface area contributed by atoms with Crippen molar-refractivity contribution in [3.63, 3.8) is 0 Å². The molecule has 3 rings (SSSR count). The molecule has 3 N–H and O–H groups in total. The molecule has 1 aromatic rings. The average molecular weight is 427 g/mol. The highest BCUT2D eigenvalue weighted by atomic mass is 16.2. The van der Waals surface area contributed by atoms with Crippen LogP contribution in [0.25, 0.3) is 0 Å². The highest BCUT2D eigenvalue weighted by Gasteiger charge is 2.34. The molecular weight excluding hydrogens is 402 g/mol. The molecule has 1 aromatic carbocycles. The third kappa shape index (κ3) is 4.73. The summed E-state index contributed by atoms with van der Waals surface area (Å²) in [4.78, 5) is 64.6. The first-order chi connectivity index (χ1) is 14.7. The van der Waals surface area contributed by atoms with E-state index in [0.717, 1.165) is 4.90 Å². The van der Waals surface area contributed by atoms with E-state index in [1.807, 2.05) is 0 Å². The zero-order valence-electron chi connectivity index (χ0n) is 17.3. The topological polar surface area (TPSA) is 133 Å². The molecule has 2 saturated heterocycles. The maximum atomic E-state index is 12.9. The van der Waals surface area contributed by atoms with E-state index in [2.05, 4.69) is 11.9 Å². The number of anilines is 1. The van der Waals surface area contributed by atoms with Crippen LogP contribution in [-0.4, -0.2) is 71.0 Å². The second-order valence-corrected chi connectivity index (χ2v) is 7.65. The Morgan fingerprint density at radius 3 is 2.45 bits per heavy atom. The fourth-order valence-corrected chi connectivity index (χ4v) is 3.70. The van der Waals surface area contributed by atoms with Crippen LogP contribution in [0.15, 0.2) is 30.9 Å². The smallest absolute Gasteiger partial charge is 0.327 e. The molecule has 2 heterocycles. The Labute approximate surface area is 179 Å². The fraction of sp³-hybridized carbons (Fsp3) is 0.381. The summed E-state index contributed by atoms with van der Waals surface area (Å²) in [6, 6.07) is 4.07. The van der Waals surface area contributed by atoms with E-state index in [1.165, 1.54) is 30.2 Å². The van der Waals surface area contributed by atoms with Gasteiger partial charge in [-0.05, 0) is 36.6 Å². The van der Waals surface area contributed by atoms with Crippen LogP contribution in [-0.2, 0) is 20.9 Å². The number of rotatable bonds is 6. The van der Waals surface area contributed by atoms with Crippen LogP contribution in [0.1, 0.15) is 28.8 Å². The van der Waals surface area contributed by atoms with Crippen LogP contribution in [0.5, 0.6) is 0 Å². The van der Waals surface area contributed by atoms with Crippen molar-refractivity contribution in [1.82, 2.24) is 14.7 Å². The van der Waals surface area contributed by atoms with Gasteiger partial charge in [0.2, 0.25) is 17.7 Å². The van der Waals surface area contributed by atoms with Crippen LogP contribution in [0, 0.1) is 5.92 Å². The molecule has 2 aliphatic heterocycles. The summed E-state index contributed by atoms with van der Waals surface area (Å²) in [5.74, 6) is -1.75. The Kier molecular flexibility index (Phi) is 6.38. The summed E-state index contributed by atoms with van der Waals surface area (Å²) in [6.45, 7) is 4.31. The molecule has 0 bridgehead atoms. The van der Waals surface area contributed by atoms with E-state index < -0.39 is 11.9 Å². The number of imide groups is 1. The number of hydrogen-bond donors (Lipinski definition) is 2. The summed E-state index contributed by atoms with van der Waals surface area (Å²) >= 11 is 0. The fourth-order valence-electron chi connectivity index (χ4n) is 3.70. The predicted octanol–water partition coefficient (Wildman–Crippen LogP) is 0.543. The Morgan fingerprint density at radius 1 is 1.23 bits per heavy atom. The lowest BCUT2D eigenvalue weighted by Gasteiger charge is -2.30. The Bertz CT molecular complexity index is 951. The number of urea groups is 1. The van der Waals surface area contributed by atoms with Gasteiger partial charge in [0, 0.05) is 37.3 Å². The minimum atomic E-state index is -0.661. The van der Waals surface area contributed by atoms with E-state index >= 15 is 0 Å². The quantitative estimate of drug-likeness (QED) is 0.505. The molecule has 31 heavy (non-hydrogen) atoms. The molecular formula is C21H25N5O5. The number of piperidine rings is 1. The first-order valence-corrected chi connectivity index (χ1v) is 9.91. The number of hydrogen-bond acceptors (Lipinski definition) is 5. The van der Waals surface area contributed by atoms with Crippen LogP contribution < -0.4 is 11.1 Å². The summed E-state index contributed by atoms with van der Waals surface area (Å²) in [6.07, 6.45) is 2.23. The maximum absolute atomic E-state index is 12.9. The van der Waals surface area contributed by atoms with Gasteiger partial charge in [0.25, 0.3) is 5.91 Å². The predicted molar refractivity (Wildman–Crippen MR) is 112 cm³/mol. The Hall–Kier alpha value is -3.69. The largest absolute Gasteiger partial charge is 0.366 e. The molecule has 6 amide bonds. The van der Waals surface area contributed by atoms with Gasteiger partial charge in [-0.25, -0.2) is 4.79 Å². The Balaban J connectivity index is 1.77. The van der Waals surface area contributed by atoms with E-state index in [-0.39, 0.29) is 42.3 Å². The van der Waals surface area contributed by atoms with E-state index in [9.17, 15) is 24.0 Å². The third-order valence-electron chi connectivity index (χ3n) is 5.56. The molecule has 0 aromatic heterocycles. The lowest BCUT2D eigenvalue weighted by molar-refractivity contribution is -0.130. The zero-order valence-corrected chi connectivity index (χ0v) is 17.3. The lowest BCUT2D eigenvalue weighted by Crippen LogP contribution is -2.40. The highest BCUT2D eigenvalue weighted by molar-refractivity contribution is 6.02. The number of amides is 6. The molecule has 10 heteroatoms. The number of benzene rings is 1. The van der Waals surface area contributed by atoms with Gasteiger partial charge in [-0.3, -0.25) is 24.1 Å². The van der Waals surface area contributed by atoms with Crippen LogP contribution >= 0.6 is 0 Å². The van der Waals surface area contributed by atoms with Crippen LogP contribution in [0.3, 0.4) is 0 Å². The second kappa shape index (κ2) is 8.99. The van der Waals surface area contributed by atoms with Gasteiger partial charge in [-0.1, -0.05) is 12.6 Å². The van der Waals surface area contributed by atoms with Crippen LogP contribution in [0.4, 0.5) is 10.5 Å². The molecule has 2 fully saturated rings. The highest BCUT2D eigenvalue weighted by Crippen LogP contribution is 2.25. The van der Waals surface area contributed by atoms with Crippen LogP contribution in [0.2, 0.25) is 0 Å². The van der Waals surface area contributed by atoms with Crippen molar-refractivity contribution in [3.05, 3.63) is 42.0 Å². The van der Waals surface area contributed by atoms with Gasteiger partial charge in [-0.2, -0.15) is 0 Å². The Morgan fingerprint density at radius 2 is 1.90 bits per heavy atom. The summed E-state index contributed by atoms with van der Waals surface area (Å²) in [5.41, 5.74) is 6.39. The van der Waals surface area contributed by atoms with E-state index in [4.69, 9.17) is 5.73 Å². The first-order valence-electron chi connectivity index (χ1n) is 9.91. The van der Waals surface area contributed by atoms with Crippen molar-refractivity contribution in [3.8, 4) is 0 Å². The van der Waals surface area contributed by atoms with Crippen molar-refractivity contribution >= 4 is 35.3 Å². The maximum Gasteiger partial charge on any atom is 0.327 e. The molecule has 0 aliphatic carbocycles. The van der Waals surface area contributed by atoms with Gasteiger partial charge in [-0.15, -0.1) is 0 Å². The number of nitrogens with two attached hydrogens (primary N) is 1. The van der Waals surface area contributed by atoms with Gasteiger partial charge in [0.1, 0.15) is 6.54 Å². The zero-order chi connectivity index (χ0) is 22.7. The van der Waals surface area contributed by atoms with Gasteiger partial charge in [0.05, 0.1) is 6.54 Å². The van der Waals surface area contributed by atoms with Gasteiger partial charge >= 0.3 is 6.03 Å². The number of primary amides is 1. The van der Waals surface area contributed by atoms with Crippen molar-refractivity contribution in [2.75, 3.05) is 32.0 Å². The number of nitrogens with zero attached hydrogens (tertiary/aromatic N) is 3. The minimum absolute atomic E-state index is 0.0120. The van der Waals surface area contributed by atoms with E-state index in [0.29, 0.717) is 37.2 Å². The molecule has 0 spiro atoms. The number of carbonyl (C=O) groups excluding carboxylic acids is 5. The van der Waals surface area contributed by atoms with Crippen molar-refractivity contribution in [1.29, 1.82) is 0 Å². The van der Waals surface area contributed by atoms with Crippen molar-refractivity contribution in [2.24, 2.45) is 11.7 Å². The molecule has 164 valence electrons.